The molecular weight excluding hydrogens is 368 g/mol. The summed E-state index contributed by atoms with van der Waals surface area (Å²) in [7, 11) is -2.45. The lowest BCUT2D eigenvalue weighted by Gasteiger charge is -2.22. The van der Waals surface area contributed by atoms with Crippen LogP contribution in [-0.2, 0) is 26.7 Å². The van der Waals surface area contributed by atoms with E-state index in [2.05, 4.69) is 30.5 Å². The molecule has 8 heteroatoms. The smallest absolute Gasteiger partial charge is 0.360 e. The van der Waals surface area contributed by atoms with E-state index in [1.54, 1.807) is 12.1 Å². The standard InChI is InChI=1S/C19H24N2O5S/c1-19(2,3)13-5-9-15(10-6-13)27(23,24)21(14-7-8-14)11-17-20-16(12-26-17)18(22)25-4/h5-6,9-10,12,14H,7-8,11H2,1-4H3. The number of methoxy groups -OCH3 is 1. The van der Waals surface area contributed by atoms with Gasteiger partial charge in [-0.15, -0.1) is 0 Å². The number of sulfonamides is 1. The third-order valence-corrected chi connectivity index (χ3v) is 6.43. The van der Waals surface area contributed by atoms with Crippen LogP contribution in [0.2, 0.25) is 0 Å². The van der Waals surface area contributed by atoms with Crippen molar-refractivity contribution in [1.82, 2.24) is 9.29 Å². The summed E-state index contributed by atoms with van der Waals surface area (Å²) in [6.45, 7) is 6.21. The predicted molar refractivity (Wildman–Crippen MR) is 98.7 cm³/mol. The number of oxazole rings is 1. The van der Waals surface area contributed by atoms with Gasteiger partial charge in [0.05, 0.1) is 18.6 Å². The highest BCUT2D eigenvalue weighted by Crippen LogP contribution is 2.34. The van der Waals surface area contributed by atoms with E-state index < -0.39 is 16.0 Å². The molecule has 0 N–H and O–H groups in total. The van der Waals surface area contributed by atoms with E-state index in [0.717, 1.165) is 18.4 Å². The molecule has 1 aromatic heterocycles. The third kappa shape index (κ3) is 4.22. The molecule has 1 aliphatic carbocycles. The highest BCUT2D eigenvalue weighted by atomic mass is 32.2. The number of nitrogens with zero attached hydrogens (tertiary/aromatic N) is 2. The Balaban J connectivity index is 1.85. The van der Waals surface area contributed by atoms with E-state index in [-0.39, 0.29) is 34.5 Å². The van der Waals surface area contributed by atoms with Crippen LogP contribution in [0.1, 0.15) is 55.6 Å². The minimum atomic E-state index is -3.70. The van der Waals surface area contributed by atoms with Crippen molar-refractivity contribution in [1.29, 1.82) is 0 Å². The van der Waals surface area contributed by atoms with E-state index in [1.807, 2.05) is 12.1 Å². The second-order valence-electron chi connectivity index (χ2n) is 7.67. The van der Waals surface area contributed by atoms with Gasteiger partial charge in [-0.25, -0.2) is 18.2 Å². The summed E-state index contributed by atoms with van der Waals surface area (Å²) >= 11 is 0. The lowest BCUT2D eigenvalue weighted by atomic mass is 9.87. The van der Waals surface area contributed by atoms with Gasteiger partial charge in [0.25, 0.3) is 0 Å². The number of carbonyl (C=O) groups is 1. The van der Waals surface area contributed by atoms with Crippen molar-refractivity contribution in [2.75, 3.05) is 7.11 Å². The summed E-state index contributed by atoms with van der Waals surface area (Å²) in [5.41, 5.74) is 1.03. The first-order valence-corrected chi connectivity index (χ1v) is 10.2. The zero-order valence-electron chi connectivity index (χ0n) is 15.9. The van der Waals surface area contributed by atoms with Gasteiger partial charge in [-0.2, -0.15) is 4.31 Å². The van der Waals surface area contributed by atoms with Crippen molar-refractivity contribution in [3.05, 3.63) is 47.7 Å². The topological polar surface area (TPSA) is 89.7 Å². The Kier molecular flexibility index (Phi) is 5.14. The predicted octanol–water partition coefficient (Wildman–Crippen LogP) is 3.11. The van der Waals surface area contributed by atoms with E-state index in [4.69, 9.17) is 4.42 Å². The van der Waals surface area contributed by atoms with Gasteiger partial charge in [-0.05, 0) is 36.0 Å². The average Bonchev–Trinajstić information content (AvgIpc) is 3.35. The monoisotopic (exact) mass is 392 g/mol. The summed E-state index contributed by atoms with van der Waals surface area (Å²) in [5.74, 6) is -0.458. The molecule has 0 saturated heterocycles. The molecule has 0 bridgehead atoms. The summed E-state index contributed by atoms with van der Waals surface area (Å²) in [5, 5.41) is 0. The Bertz CT molecular complexity index is 922. The van der Waals surface area contributed by atoms with Crippen LogP contribution < -0.4 is 0 Å². The van der Waals surface area contributed by atoms with Crippen LogP contribution in [0.15, 0.2) is 39.8 Å². The molecule has 1 heterocycles. The maximum Gasteiger partial charge on any atom is 0.360 e. The number of aromatic nitrogens is 1. The first kappa shape index (κ1) is 19.6. The van der Waals surface area contributed by atoms with Gasteiger partial charge in [0.2, 0.25) is 15.9 Å². The summed E-state index contributed by atoms with van der Waals surface area (Å²) in [4.78, 5) is 15.8. The van der Waals surface area contributed by atoms with Crippen LogP contribution in [0.4, 0.5) is 0 Å². The van der Waals surface area contributed by atoms with E-state index in [9.17, 15) is 13.2 Å². The molecule has 0 amide bonds. The summed E-state index contributed by atoms with van der Waals surface area (Å²) in [6, 6.07) is 6.89. The highest BCUT2D eigenvalue weighted by Gasteiger charge is 2.39. The Morgan fingerprint density at radius 1 is 1.26 bits per heavy atom. The van der Waals surface area contributed by atoms with Crippen molar-refractivity contribution in [2.24, 2.45) is 0 Å². The molecule has 7 nitrogen and oxygen atoms in total. The van der Waals surface area contributed by atoms with E-state index >= 15 is 0 Å². The van der Waals surface area contributed by atoms with Crippen LogP contribution in [-0.4, -0.2) is 36.8 Å². The zero-order valence-corrected chi connectivity index (χ0v) is 16.7. The Morgan fingerprint density at radius 3 is 2.41 bits per heavy atom. The van der Waals surface area contributed by atoms with Gasteiger partial charge in [-0.1, -0.05) is 32.9 Å². The molecule has 0 unspecified atom stereocenters. The number of hydrogen-bond donors (Lipinski definition) is 0. The van der Waals surface area contributed by atoms with Crippen LogP contribution in [0.25, 0.3) is 0 Å². The number of benzene rings is 1. The van der Waals surface area contributed by atoms with Crippen LogP contribution in [0, 0.1) is 0 Å². The lowest BCUT2D eigenvalue weighted by molar-refractivity contribution is 0.0594. The summed E-state index contributed by atoms with van der Waals surface area (Å²) in [6.07, 6.45) is 2.77. The largest absolute Gasteiger partial charge is 0.464 e. The zero-order chi connectivity index (χ0) is 19.8. The Labute approximate surface area is 159 Å². The van der Waals surface area contributed by atoms with Crippen molar-refractivity contribution in [3.63, 3.8) is 0 Å². The molecule has 3 rings (SSSR count). The molecule has 146 valence electrons. The minimum Gasteiger partial charge on any atom is -0.464 e. The molecule has 2 aromatic rings. The second kappa shape index (κ2) is 7.09. The molecule has 0 atom stereocenters. The molecule has 1 aromatic carbocycles. The second-order valence-corrected chi connectivity index (χ2v) is 9.56. The number of hydrogen-bond acceptors (Lipinski definition) is 6. The van der Waals surface area contributed by atoms with Crippen molar-refractivity contribution in [2.45, 2.75) is 56.5 Å². The van der Waals surface area contributed by atoms with Gasteiger partial charge < -0.3 is 9.15 Å². The molecule has 0 spiro atoms. The Hall–Kier alpha value is -2.19. The first-order chi connectivity index (χ1) is 12.6. The first-order valence-electron chi connectivity index (χ1n) is 8.78. The lowest BCUT2D eigenvalue weighted by Crippen LogP contribution is -2.33. The van der Waals surface area contributed by atoms with Crippen LogP contribution in [0.3, 0.4) is 0 Å². The fourth-order valence-corrected chi connectivity index (χ4v) is 4.38. The Morgan fingerprint density at radius 2 is 1.89 bits per heavy atom. The highest BCUT2D eigenvalue weighted by molar-refractivity contribution is 7.89. The van der Waals surface area contributed by atoms with Crippen LogP contribution >= 0.6 is 0 Å². The number of esters is 1. The van der Waals surface area contributed by atoms with Gasteiger partial charge in [0.15, 0.2) is 5.69 Å². The van der Waals surface area contributed by atoms with Gasteiger partial charge >= 0.3 is 5.97 Å². The molecule has 0 aliphatic heterocycles. The minimum absolute atomic E-state index is 0.0228. The maximum atomic E-state index is 13.1. The molecule has 1 saturated carbocycles. The van der Waals surface area contributed by atoms with Crippen molar-refractivity contribution < 1.29 is 22.4 Å². The van der Waals surface area contributed by atoms with E-state index in [1.165, 1.54) is 17.7 Å². The maximum absolute atomic E-state index is 13.1. The molecule has 1 fully saturated rings. The summed E-state index contributed by atoms with van der Waals surface area (Å²) < 4.78 is 37.5. The van der Waals surface area contributed by atoms with Gasteiger partial charge in [0.1, 0.15) is 6.26 Å². The molecule has 27 heavy (non-hydrogen) atoms. The fraction of sp³-hybridized carbons (Fsp3) is 0.474. The van der Waals surface area contributed by atoms with Crippen LogP contribution in [0.5, 0.6) is 0 Å². The van der Waals surface area contributed by atoms with Crippen molar-refractivity contribution in [3.8, 4) is 0 Å². The van der Waals surface area contributed by atoms with E-state index in [0.29, 0.717) is 0 Å². The molecule has 0 radical (unpaired) electrons. The third-order valence-electron chi connectivity index (χ3n) is 4.52. The van der Waals surface area contributed by atoms with Crippen molar-refractivity contribution >= 4 is 16.0 Å². The quantitative estimate of drug-likeness (QED) is 0.702. The van der Waals surface area contributed by atoms with Gasteiger partial charge in [0, 0.05) is 6.04 Å². The number of ether oxygens (including phenoxy) is 1. The SMILES string of the molecule is COC(=O)c1coc(CN(C2CC2)S(=O)(=O)c2ccc(C(C)(C)C)cc2)n1. The normalized spacial score (nSPS) is 15.1. The molecular formula is C19H24N2O5S. The average molecular weight is 392 g/mol. The van der Waals surface area contributed by atoms with Gasteiger partial charge in [-0.3, -0.25) is 0 Å². The molecule has 1 aliphatic rings. The number of rotatable bonds is 6. The number of carbonyl (C=O) groups excluding carboxylic acids is 1. The fourth-order valence-electron chi connectivity index (χ4n) is 2.75.